The van der Waals surface area contributed by atoms with E-state index in [1.807, 2.05) is 0 Å². The maximum Gasteiger partial charge on any atom is 0.191 e. The number of aryl methyl sites for hydroxylation is 1. The molecule has 0 radical (unpaired) electrons. The predicted molar refractivity (Wildman–Crippen MR) is 99.9 cm³/mol. The molecule has 8 nitrogen and oxygen atoms in total. The predicted octanol–water partition coefficient (Wildman–Crippen LogP) is 1.23. The summed E-state index contributed by atoms with van der Waals surface area (Å²) in [7, 11) is 1.69. The Morgan fingerprint density at radius 2 is 1.96 bits per heavy atom. The minimum atomic E-state index is 0.645. The molecule has 144 valence electrons. The number of nitrogens with zero attached hydrogens (tertiary/aromatic N) is 4. The fraction of sp³-hybridized carbons (Fsp3) is 0.824. The zero-order chi connectivity index (χ0) is 18.2. The van der Waals surface area contributed by atoms with Crippen LogP contribution in [0.3, 0.4) is 0 Å². The van der Waals surface area contributed by atoms with Crippen molar-refractivity contribution in [3.05, 3.63) is 12.2 Å². The van der Waals surface area contributed by atoms with Crippen LogP contribution in [0.1, 0.15) is 38.9 Å². The number of aromatic nitrogens is 3. The van der Waals surface area contributed by atoms with Gasteiger partial charge >= 0.3 is 0 Å². The fourth-order valence-electron chi connectivity index (χ4n) is 2.19. The van der Waals surface area contributed by atoms with Crippen LogP contribution in [-0.4, -0.2) is 67.3 Å². The number of hydrogen-bond donors (Lipinski definition) is 2. The molecular formula is C17H34N6O2. The van der Waals surface area contributed by atoms with Crippen LogP contribution in [0.5, 0.6) is 0 Å². The van der Waals surface area contributed by atoms with E-state index >= 15 is 0 Å². The standard InChI is InChI=1S/C17H34N6O2/c1-4-6-12-25-13-7-8-18-17(20-10-14-24-3)19-9-11-23-15-21-22-16(23)5-2/h15H,4-14H2,1-3H3,(H2,18,19,20). The Morgan fingerprint density at radius 1 is 1.16 bits per heavy atom. The minimum Gasteiger partial charge on any atom is -0.383 e. The maximum absolute atomic E-state index is 5.56. The van der Waals surface area contributed by atoms with Crippen molar-refractivity contribution in [3.63, 3.8) is 0 Å². The number of unbranched alkanes of at least 4 members (excludes halogenated alkanes) is 1. The van der Waals surface area contributed by atoms with Crippen molar-refractivity contribution < 1.29 is 9.47 Å². The Balaban J connectivity index is 2.31. The zero-order valence-electron chi connectivity index (χ0n) is 16.0. The van der Waals surface area contributed by atoms with Crippen molar-refractivity contribution in [2.75, 3.05) is 46.6 Å². The van der Waals surface area contributed by atoms with Crippen LogP contribution in [0.25, 0.3) is 0 Å². The van der Waals surface area contributed by atoms with Gasteiger partial charge in [-0.3, -0.25) is 4.99 Å². The van der Waals surface area contributed by atoms with Crippen molar-refractivity contribution in [2.45, 2.75) is 46.1 Å². The quantitative estimate of drug-likeness (QED) is 0.297. The molecule has 0 aliphatic rings. The molecule has 0 bridgehead atoms. The molecule has 8 heteroatoms. The van der Waals surface area contributed by atoms with Gasteiger partial charge in [0.1, 0.15) is 12.2 Å². The van der Waals surface area contributed by atoms with Crippen LogP contribution >= 0.6 is 0 Å². The summed E-state index contributed by atoms with van der Waals surface area (Å²) in [6, 6.07) is 0. The number of nitrogens with one attached hydrogen (secondary N) is 2. The average Bonchev–Trinajstić information content (AvgIpc) is 3.08. The van der Waals surface area contributed by atoms with Gasteiger partial charge in [0.15, 0.2) is 5.96 Å². The van der Waals surface area contributed by atoms with Crippen molar-refractivity contribution in [3.8, 4) is 0 Å². The molecule has 0 saturated heterocycles. The first kappa shape index (κ1) is 21.4. The number of hydrogen-bond acceptors (Lipinski definition) is 5. The highest BCUT2D eigenvalue weighted by atomic mass is 16.5. The highest BCUT2D eigenvalue weighted by Crippen LogP contribution is 1.95. The monoisotopic (exact) mass is 354 g/mol. The lowest BCUT2D eigenvalue weighted by Crippen LogP contribution is -2.40. The number of methoxy groups -OCH3 is 1. The number of aliphatic imine (C=N–C) groups is 1. The molecular weight excluding hydrogens is 320 g/mol. The Hall–Kier alpha value is -1.67. The Kier molecular flexibility index (Phi) is 12.5. The molecule has 0 aromatic carbocycles. The van der Waals surface area contributed by atoms with Gasteiger partial charge in [-0.1, -0.05) is 20.3 Å². The molecule has 0 aliphatic carbocycles. The summed E-state index contributed by atoms with van der Waals surface area (Å²) in [5.41, 5.74) is 0. The summed E-state index contributed by atoms with van der Waals surface area (Å²) in [5, 5.41) is 14.7. The third-order valence-corrected chi connectivity index (χ3v) is 3.61. The van der Waals surface area contributed by atoms with Gasteiger partial charge in [0.25, 0.3) is 0 Å². The summed E-state index contributed by atoms with van der Waals surface area (Å²) in [6.07, 6.45) is 5.86. The van der Waals surface area contributed by atoms with E-state index in [2.05, 4.69) is 44.2 Å². The van der Waals surface area contributed by atoms with Gasteiger partial charge in [0.05, 0.1) is 6.61 Å². The highest BCUT2D eigenvalue weighted by Gasteiger charge is 2.02. The maximum atomic E-state index is 5.56. The SMILES string of the molecule is CCCCOCCCN=C(NCCOC)NCCn1cnnc1CC. The molecule has 0 spiro atoms. The molecule has 0 saturated carbocycles. The van der Waals surface area contributed by atoms with Crippen LogP contribution < -0.4 is 10.6 Å². The van der Waals surface area contributed by atoms with Crippen LogP contribution in [0.4, 0.5) is 0 Å². The third kappa shape index (κ3) is 10.0. The second kappa shape index (κ2) is 14.7. The van der Waals surface area contributed by atoms with Crippen molar-refractivity contribution in [2.24, 2.45) is 4.99 Å². The summed E-state index contributed by atoms with van der Waals surface area (Å²) < 4.78 is 12.7. The molecule has 1 aromatic heterocycles. The average molecular weight is 354 g/mol. The first-order valence-corrected chi connectivity index (χ1v) is 9.27. The lowest BCUT2D eigenvalue weighted by atomic mass is 10.4. The molecule has 1 rings (SSSR count). The van der Waals surface area contributed by atoms with Crippen LogP contribution in [0, 0.1) is 0 Å². The van der Waals surface area contributed by atoms with Gasteiger partial charge in [-0.15, -0.1) is 10.2 Å². The smallest absolute Gasteiger partial charge is 0.191 e. The number of guanidine groups is 1. The molecule has 2 N–H and O–H groups in total. The van der Waals surface area contributed by atoms with Crippen molar-refractivity contribution in [1.29, 1.82) is 0 Å². The first-order valence-electron chi connectivity index (χ1n) is 9.27. The molecule has 25 heavy (non-hydrogen) atoms. The lowest BCUT2D eigenvalue weighted by molar-refractivity contribution is 0.130. The van der Waals surface area contributed by atoms with E-state index in [4.69, 9.17) is 9.47 Å². The van der Waals surface area contributed by atoms with E-state index in [-0.39, 0.29) is 0 Å². The second-order valence-electron chi connectivity index (χ2n) is 5.69. The van der Waals surface area contributed by atoms with Gasteiger partial charge in [0.2, 0.25) is 0 Å². The Morgan fingerprint density at radius 3 is 2.72 bits per heavy atom. The number of rotatable bonds is 14. The summed E-state index contributed by atoms with van der Waals surface area (Å²) in [6.45, 7) is 9.52. The zero-order valence-corrected chi connectivity index (χ0v) is 16.0. The van der Waals surface area contributed by atoms with E-state index in [1.54, 1.807) is 13.4 Å². The molecule has 1 heterocycles. The van der Waals surface area contributed by atoms with Crippen molar-refractivity contribution in [1.82, 2.24) is 25.4 Å². The second-order valence-corrected chi connectivity index (χ2v) is 5.69. The molecule has 0 fully saturated rings. The van der Waals surface area contributed by atoms with Crippen LogP contribution in [-0.2, 0) is 22.4 Å². The third-order valence-electron chi connectivity index (χ3n) is 3.61. The molecule has 0 aliphatic heterocycles. The van der Waals surface area contributed by atoms with Crippen LogP contribution in [0.2, 0.25) is 0 Å². The summed E-state index contributed by atoms with van der Waals surface area (Å²) >= 11 is 0. The number of ether oxygens (including phenoxy) is 2. The lowest BCUT2D eigenvalue weighted by Gasteiger charge is -2.13. The largest absolute Gasteiger partial charge is 0.383 e. The van der Waals surface area contributed by atoms with E-state index in [9.17, 15) is 0 Å². The van der Waals surface area contributed by atoms with Gasteiger partial charge in [-0.2, -0.15) is 0 Å². The van der Waals surface area contributed by atoms with E-state index in [0.717, 1.165) is 70.4 Å². The molecule has 0 amide bonds. The minimum absolute atomic E-state index is 0.645. The van der Waals surface area contributed by atoms with Gasteiger partial charge < -0.3 is 24.7 Å². The van der Waals surface area contributed by atoms with E-state index in [0.29, 0.717) is 6.61 Å². The van der Waals surface area contributed by atoms with E-state index in [1.165, 1.54) is 6.42 Å². The van der Waals surface area contributed by atoms with E-state index < -0.39 is 0 Å². The first-order chi connectivity index (χ1) is 12.3. The summed E-state index contributed by atoms with van der Waals surface area (Å²) in [5.74, 6) is 1.80. The normalized spacial score (nSPS) is 11.7. The fourth-order valence-corrected chi connectivity index (χ4v) is 2.19. The van der Waals surface area contributed by atoms with Crippen LogP contribution in [0.15, 0.2) is 11.3 Å². The van der Waals surface area contributed by atoms with Gasteiger partial charge in [0, 0.05) is 52.9 Å². The molecule has 1 aromatic rings. The Labute approximate surface area is 151 Å². The topological polar surface area (TPSA) is 85.6 Å². The Bertz CT molecular complexity index is 464. The highest BCUT2D eigenvalue weighted by molar-refractivity contribution is 5.79. The summed E-state index contributed by atoms with van der Waals surface area (Å²) in [4.78, 5) is 4.59. The van der Waals surface area contributed by atoms with Crippen molar-refractivity contribution >= 4 is 5.96 Å². The van der Waals surface area contributed by atoms with Gasteiger partial charge in [-0.25, -0.2) is 0 Å². The van der Waals surface area contributed by atoms with Gasteiger partial charge in [-0.05, 0) is 12.8 Å². The molecule has 0 unspecified atom stereocenters. The molecule has 0 atom stereocenters.